The summed E-state index contributed by atoms with van der Waals surface area (Å²) in [6.07, 6.45) is 1.11. The van der Waals surface area contributed by atoms with Crippen LogP contribution in [-0.4, -0.2) is 13.1 Å². The van der Waals surface area contributed by atoms with E-state index in [1.165, 1.54) is 18.2 Å². The highest BCUT2D eigenvalue weighted by atomic mass is 32.2. The Labute approximate surface area is 130 Å². The van der Waals surface area contributed by atoms with E-state index in [9.17, 15) is 4.79 Å². The van der Waals surface area contributed by atoms with Crippen molar-refractivity contribution in [2.24, 2.45) is 0 Å². The zero-order chi connectivity index (χ0) is 15.3. The Morgan fingerprint density at radius 3 is 1.71 bits per heavy atom. The zero-order valence-electron chi connectivity index (χ0n) is 12.2. The first-order valence-electron chi connectivity index (χ1n) is 6.62. The second-order valence-electron chi connectivity index (χ2n) is 4.19. The maximum Gasteiger partial charge on any atom is 0.329 e. The fourth-order valence-corrected chi connectivity index (χ4v) is 2.48. The molecule has 2 rings (SSSR count). The Balaban J connectivity index is 0.000000315. The number of thioether (sulfide) groups is 1. The minimum atomic E-state index is -0.394. The van der Waals surface area contributed by atoms with Crippen LogP contribution in [0.25, 0.3) is 0 Å². The molecule has 0 radical (unpaired) electrons. The van der Waals surface area contributed by atoms with E-state index in [2.05, 4.69) is 72.0 Å². The minimum absolute atomic E-state index is 0.394. The van der Waals surface area contributed by atoms with Gasteiger partial charge >= 0.3 is 5.97 Å². The number of rotatable bonds is 5. The number of hydrogen-bond acceptors (Lipinski definition) is 3. The third kappa shape index (κ3) is 8.00. The van der Waals surface area contributed by atoms with E-state index in [1.54, 1.807) is 0 Å². The maximum absolute atomic E-state index is 9.84. The number of esters is 1. The summed E-state index contributed by atoms with van der Waals surface area (Å²) in [5.74, 6) is 1.79. The highest BCUT2D eigenvalue weighted by Gasteiger charge is 1.93. The lowest BCUT2D eigenvalue weighted by molar-refractivity contribution is -0.134. The van der Waals surface area contributed by atoms with Crippen molar-refractivity contribution >= 4 is 17.7 Å². The number of carbonyl (C=O) groups is 1. The first-order chi connectivity index (χ1) is 10.3. The quantitative estimate of drug-likeness (QED) is 0.602. The molecular weight excluding hydrogens is 280 g/mol. The molecular formula is C18H20O2S. The van der Waals surface area contributed by atoms with Crippen molar-refractivity contribution in [3.63, 3.8) is 0 Å². The summed E-state index contributed by atoms with van der Waals surface area (Å²) in [4.78, 5) is 9.84. The first-order valence-corrected chi connectivity index (χ1v) is 7.77. The fourth-order valence-electron chi connectivity index (χ4n) is 1.52. The molecule has 2 aromatic rings. The van der Waals surface area contributed by atoms with Gasteiger partial charge in [0.15, 0.2) is 0 Å². The molecule has 0 saturated heterocycles. The lowest BCUT2D eigenvalue weighted by Gasteiger charge is -2.01. The van der Waals surface area contributed by atoms with Gasteiger partial charge in [0.1, 0.15) is 0 Å². The topological polar surface area (TPSA) is 26.3 Å². The SMILES string of the molecule is C=CC(=O)OC.c1ccc(CSCc2ccccc2)cc1. The monoisotopic (exact) mass is 300 g/mol. The van der Waals surface area contributed by atoms with Crippen LogP contribution in [-0.2, 0) is 21.0 Å². The van der Waals surface area contributed by atoms with Gasteiger partial charge < -0.3 is 4.74 Å². The fraction of sp³-hybridized carbons (Fsp3) is 0.167. The first kappa shape index (κ1) is 17.1. The number of carbonyl (C=O) groups excluding carboxylic acids is 1. The van der Waals surface area contributed by atoms with Gasteiger partial charge in [-0.1, -0.05) is 67.2 Å². The molecule has 0 N–H and O–H groups in total. The van der Waals surface area contributed by atoms with E-state index in [0.717, 1.165) is 17.6 Å². The molecule has 0 amide bonds. The largest absolute Gasteiger partial charge is 0.466 e. The second kappa shape index (κ2) is 10.7. The van der Waals surface area contributed by atoms with Crippen molar-refractivity contribution in [2.75, 3.05) is 7.11 Å². The summed E-state index contributed by atoms with van der Waals surface area (Å²) in [7, 11) is 1.31. The van der Waals surface area contributed by atoms with Gasteiger partial charge in [0.2, 0.25) is 0 Å². The third-order valence-corrected chi connectivity index (χ3v) is 3.67. The molecule has 0 aliphatic carbocycles. The molecule has 2 aromatic carbocycles. The maximum atomic E-state index is 9.84. The summed E-state index contributed by atoms with van der Waals surface area (Å²) in [5, 5.41) is 0. The molecule has 110 valence electrons. The molecule has 0 saturated carbocycles. The average Bonchev–Trinajstić information content (AvgIpc) is 2.56. The molecule has 0 bridgehead atoms. The molecule has 0 fully saturated rings. The highest BCUT2D eigenvalue weighted by molar-refractivity contribution is 7.97. The lowest BCUT2D eigenvalue weighted by atomic mass is 10.2. The molecule has 3 heteroatoms. The zero-order valence-corrected chi connectivity index (χ0v) is 13.0. The molecule has 21 heavy (non-hydrogen) atoms. The van der Waals surface area contributed by atoms with Crippen molar-refractivity contribution in [1.82, 2.24) is 0 Å². The molecule has 2 nitrogen and oxygen atoms in total. The Morgan fingerprint density at radius 2 is 1.43 bits per heavy atom. The van der Waals surface area contributed by atoms with E-state index in [1.807, 2.05) is 11.8 Å². The van der Waals surface area contributed by atoms with Gasteiger partial charge in [0.25, 0.3) is 0 Å². The molecule has 0 aliphatic heterocycles. The Kier molecular flexibility index (Phi) is 8.73. The van der Waals surface area contributed by atoms with E-state index in [4.69, 9.17) is 0 Å². The third-order valence-electron chi connectivity index (χ3n) is 2.59. The van der Waals surface area contributed by atoms with Gasteiger partial charge in [-0.25, -0.2) is 4.79 Å². The number of methoxy groups -OCH3 is 1. The summed E-state index contributed by atoms with van der Waals surface area (Å²) >= 11 is 1.96. The van der Waals surface area contributed by atoms with Crippen LogP contribution in [0.1, 0.15) is 11.1 Å². The summed E-state index contributed by atoms with van der Waals surface area (Å²) < 4.78 is 4.14. The predicted octanol–water partition coefficient (Wildman–Crippen LogP) is 4.47. The van der Waals surface area contributed by atoms with Crippen LogP contribution in [0.3, 0.4) is 0 Å². The van der Waals surface area contributed by atoms with Crippen LogP contribution in [0.5, 0.6) is 0 Å². The summed E-state index contributed by atoms with van der Waals surface area (Å²) in [6.45, 7) is 3.16. The van der Waals surface area contributed by atoms with Gasteiger partial charge in [-0.3, -0.25) is 0 Å². The van der Waals surface area contributed by atoms with Gasteiger partial charge in [0, 0.05) is 17.6 Å². The van der Waals surface area contributed by atoms with Crippen molar-refractivity contribution in [2.45, 2.75) is 11.5 Å². The summed E-state index contributed by atoms with van der Waals surface area (Å²) in [6, 6.07) is 21.2. The lowest BCUT2D eigenvalue weighted by Crippen LogP contribution is -1.91. The Hall–Kier alpha value is -2.00. The smallest absolute Gasteiger partial charge is 0.329 e. The molecule has 0 atom stereocenters. The Bertz CT molecular complexity index is 484. The van der Waals surface area contributed by atoms with Crippen molar-refractivity contribution in [3.05, 3.63) is 84.4 Å². The van der Waals surface area contributed by atoms with Crippen LogP contribution in [0.2, 0.25) is 0 Å². The molecule has 0 heterocycles. The van der Waals surface area contributed by atoms with Crippen LogP contribution < -0.4 is 0 Å². The molecule has 0 unspecified atom stereocenters. The molecule has 0 aromatic heterocycles. The van der Waals surface area contributed by atoms with Crippen molar-refractivity contribution < 1.29 is 9.53 Å². The van der Waals surface area contributed by atoms with Gasteiger partial charge in [-0.2, -0.15) is 11.8 Å². The molecule has 0 spiro atoms. The van der Waals surface area contributed by atoms with Gasteiger partial charge in [0.05, 0.1) is 7.11 Å². The number of hydrogen-bond donors (Lipinski definition) is 0. The van der Waals surface area contributed by atoms with Gasteiger partial charge in [-0.05, 0) is 11.1 Å². The van der Waals surface area contributed by atoms with Crippen molar-refractivity contribution in [1.29, 1.82) is 0 Å². The van der Waals surface area contributed by atoms with Crippen molar-refractivity contribution in [3.8, 4) is 0 Å². The Morgan fingerprint density at radius 1 is 1.00 bits per heavy atom. The van der Waals surface area contributed by atoms with Crippen LogP contribution in [0.15, 0.2) is 73.3 Å². The van der Waals surface area contributed by atoms with E-state index >= 15 is 0 Å². The van der Waals surface area contributed by atoms with Crippen LogP contribution in [0.4, 0.5) is 0 Å². The van der Waals surface area contributed by atoms with E-state index in [-0.39, 0.29) is 0 Å². The van der Waals surface area contributed by atoms with Crippen LogP contribution in [0, 0.1) is 0 Å². The standard InChI is InChI=1S/C14H14S.C4H6O2/c1-3-7-13(8-4-1)11-15-12-14-9-5-2-6-10-14;1-3-4(5)6-2/h1-10H,11-12H2;3H,1H2,2H3. The predicted molar refractivity (Wildman–Crippen MR) is 90.1 cm³/mol. The molecule has 0 aliphatic rings. The van der Waals surface area contributed by atoms with Crippen LogP contribution >= 0.6 is 11.8 Å². The average molecular weight is 300 g/mol. The second-order valence-corrected chi connectivity index (χ2v) is 5.18. The van der Waals surface area contributed by atoms with E-state index in [0.29, 0.717) is 0 Å². The number of ether oxygens (including phenoxy) is 1. The minimum Gasteiger partial charge on any atom is -0.466 e. The summed E-state index contributed by atoms with van der Waals surface area (Å²) in [5.41, 5.74) is 2.80. The number of benzene rings is 2. The van der Waals surface area contributed by atoms with Gasteiger partial charge in [-0.15, -0.1) is 0 Å². The highest BCUT2D eigenvalue weighted by Crippen LogP contribution is 2.17. The normalized spacial score (nSPS) is 9.19. The van der Waals surface area contributed by atoms with E-state index < -0.39 is 5.97 Å².